The number of carbonyl (C=O) groups is 2. The number of halogens is 1. The number of H-pyrrole nitrogens is 1. The van der Waals surface area contributed by atoms with Crippen molar-refractivity contribution in [3.05, 3.63) is 47.9 Å². The summed E-state index contributed by atoms with van der Waals surface area (Å²) in [6.07, 6.45) is 0. The van der Waals surface area contributed by atoms with Gasteiger partial charge in [0, 0.05) is 5.56 Å². The molecule has 5 N–H and O–H groups in total. The molecule has 9 heteroatoms. The summed E-state index contributed by atoms with van der Waals surface area (Å²) in [5.74, 6) is -1.96. The fourth-order valence-corrected chi connectivity index (χ4v) is 2.30. The lowest BCUT2D eigenvalue weighted by atomic mass is 10.1. The summed E-state index contributed by atoms with van der Waals surface area (Å²) >= 11 is 0. The maximum Gasteiger partial charge on any atom is 0.270 e. The minimum Gasteiger partial charge on any atom is -0.394 e. The molecule has 0 aliphatic rings. The molecule has 3 rings (SSSR count). The van der Waals surface area contributed by atoms with Gasteiger partial charge in [0.2, 0.25) is 5.91 Å². The van der Waals surface area contributed by atoms with E-state index in [1.807, 2.05) is 0 Å². The fraction of sp³-hybridized carbons (Fsp3) is 0.125. The number of amides is 2. The molecule has 25 heavy (non-hydrogen) atoms. The molecular weight excluding hydrogens is 329 g/mol. The number of fused-ring (bicyclic) bond motifs is 1. The zero-order valence-electron chi connectivity index (χ0n) is 12.9. The summed E-state index contributed by atoms with van der Waals surface area (Å²) in [5.41, 5.74) is 6.90. The Hall–Kier alpha value is -3.33. The zero-order chi connectivity index (χ0) is 18.0. The van der Waals surface area contributed by atoms with Crippen LogP contribution in [0.5, 0.6) is 0 Å². The molecule has 0 fully saturated rings. The van der Waals surface area contributed by atoms with Crippen LogP contribution in [0, 0.1) is 5.82 Å². The van der Waals surface area contributed by atoms with Crippen LogP contribution < -0.4 is 11.1 Å². The number of nitrogens with one attached hydrogen (secondary N) is 2. The lowest BCUT2D eigenvalue weighted by Gasteiger charge is -2.12. The number of hydrogen-bond acceptors (Lipinski definition) is 5. The summed E-state index contributed by atoms with van der Waals surface area (Å²) in [5, 5.41) is 18.2. The van der Waals surface area contributed by atoms with Crippen LogP contribution in [0.2, 0.25) is 0 Å². The Labute approximate surface area is 140 Å². The van der Waals surface area contributed by atoms with Gasteiger partial charge in [-0.15, -0.1) is 0 Å². The second-order valence-electron chi connectivity index (χ2n) is 5.29. The summed E-state index contributed by atoms with van der Waals surface area (Å²) < 4.78 is 13.4. The highest BCUT2D eigenvalue weighted by Crippen LogP contribution is 2.25. The minimum absolute atomic E-state index is 0.00579. The molecule has 128 valence electrons. The van der Waals surface area contributed by atoms with Gasteiger partial charge in [-0.2, -0.15) is 5.10 Å². The number of aliphatic hydroxyl groups excluding tert-OH is 1. The summed E-state index contributed by atoms with van der Waals surface area (Å²) in [6, 6.07) is 7.63. The fourth-order valence-electron chi connectivity index (χ4n) is 2.30. The van der Waals surface area contributed by atoms with Crippen LogP contribution in [0.15, 0.2) is 36.4 Å². The first-order valence-electron chi connectivity index (χ1n) is 7.31. The van der Waals surface area contributed by atoms with E-state index in [1.54, 1.807) is 18.2 Å². The topological polar surface area (TPSA) is 134 Å². The van der Waals surface area contributed by atoms with Crippen molar-refractivity contribution in [2.24, 2.45) is 5.73 Å². The highest BCUT2D eigenvalue weighted by molar-refractivity contribution is 5.99. The van der Waals surface area contributed by atoms with Gasteiger partial charge < -0.3 is 16.2 Å². The normalized spacial score (nSPS) is 12.1. The lowest BCUT2D eigenvalue weighted by Crippen LogP contribution is -2.46. The summed E-state index contributed by atoms with van der Waals surface area (Å²) in [4.78, 5) is 27.5. The lowest BCUT2D eigenvalue weighted by molar-refractivity contribution is -0.120. The number of rotatable bonds is 5. The van der Waals surface area contributed by atoms with Crippen LogP contribution >= 0.6 is 0 Å². The third-order valence-corrected chi connectivity index (χ3v) is 3.57. The van der Waals surface area contributed by atoms with Crippen LogP contribution in [-0.2, 0) is 4.79 Å². The zero-order valence-corrected chi connectivity index (χ0v) is 12.9. The van der Waals surface area contributed by atoms with E-state index < -0.39 is 30.3 Å². The number of carbonyl (C=O) groups excluding carboxylic acids is 2. The number of aliphatic hydroxyl groups is 1. The van der Waals surface area contributed by atoms with Crippen molar-refractivity contribution in [2.45, 2.75) is 6.04 Å². The number of aromatic nitrogens is 3. The Morgan fingerprint density at radius 1 is 1.32 bits per heavy atom. The maximum absolute atomic E-state index is 13.4. The number of benzene rings is 1. The van der Waals surface area contributed by atoms with Crippen molar-refractivity contribution in [3.63, 3.8) is 0 Å². The van der Waals surface area contributed by atoms with Crippen LogP contribution in [0.25, 0.3) is 22.3 Å². The molecule has 0 saturated heterocycles. The van der Waals surface area contributed by atoms with Crippen molar-refractivity contribution in [2.75, 3.05) is 6.61 Å². The van der Waals surface area contributed by atoms with Crippen molar-refractivity contribution in [3.8, 4) is 11.3 Å². The Balaban J connectivity index is 1.98. The van der Waals surface area contributed by atoms with Crippen molar-refractivity contribution >= 4 is 22.8 Å². The average Bonchev–Trinajstić information content (AvgIpc) is 3.02. The third-order valence-electron chi connectivity index (χ3n) is 3.57. The van der Waals surface area contributed by atoms with E-state index in [2.05, 4.69) is 20.5 Å². The van der Waals surface area contributed by atoms with Crippen molar-refractivity contribution < 1.29 is 19.1 Å². The Kier molecular flexibility index (Phi) is 4.40. The Morgan fingerprint density at radius 3 is 2.80 bits per heavy atom. The van der Waals surface area contributed by atoms with E-state index in [4.69, 9.17) is 10.8 Å². The van der Waals surface area contributed by atoms with Gasteiger partial charge in [0.05, 0.1) is 12.1 Å². The second kappa shape index (κ2) is 6.65. The van der Waals surface area contributed by atoms with Crippen LogP contribution in [0.4, 0.5) is 4.39 Å². The number of primary amides is 1. The maximum atomic E-state index is 13.4. The molecule has 2 heterocycles. The molecule has 3 aromatic rings. The Bertz CT molecular complexity index is 956. The molecule has 2 aromatic heterocycles. The van der Waals surface area contributed by atoms with E-state index in [-0.39, 0.29) is 5.69 Å². The average molecular weight is 343 g/mol. The van der Waals surface area contributed by atoms with E-state index >= 15 is 0 Å². The smallest absolute Gasteiger partial charge is 0.270 e. The molecule has 0 spiro atoms. The monoisotopic (exact) mass is 343 g/mol. The van der Waals surface area contributed by atoms with Gasteiger partial charge in [-0.25, -0.2) is 9.37 Å². The van der Waals surface area contributed by atoms with Gasteiger partial charge in [0.25, 0.3) is 5.91 Å². The second-order valence-corrected chi connectivity index (χ2v) is 5.29. The largest absolute Gasteiger partial charge is 0.394 e. The van der Waals surface area contributed by atoms with Gasteiger partial charge in [-0.1, -0.05) is 12.1 Å². The molecule has 0 aliphatic heterocycles. The SMILES string of the molecule is NC(=O)C(CO)NC(=O)c1ccc2[nH]nc(-c3cccc(F)c3)c2n1. The molecule has 0 radical (unpaired) electrons. The first-order chi connectivity index (χ1) is 12.0. The van der Waals surface area contributed by atoms with E-state index in [1.165, 1.54) is 18.2 Å². The van der Waals surface area contributed by atoms with E-state index in [0.29, 0.717) is 22.3 Å². The molecule has 8 nitrogen and oxygen atoms in total. The molecule has 1 aromatic carbocycles. The van der Waals surface area contributed by atoms with Crippen molar-refractivity contribution in [1.29, 1.82) is 0 Å². The summed E-state index contributed by atoms with van der Waals surface area (Å²) in [6.45, 7) is -0.621. The molecular formula is C16H14FN5O3. The summed E-state index contributed by atoms with van der Waals surface area (Å²) in [7, 11) is 0. The number of aromatic amines is 1. The molecule has 0 aliphatic carbocycles. The number of hydrogen-bond donors (Lipinski definition) is 4. The van der Waals surface area contributed by atoms with E-state index in [9.17, 15) is 14.0 Å². The van der Waals surface area contributed by atoms with Crippen LogP contribution in [0.1, 0.15) is 10.5 Å². The molecule has 0 bridgehead atoms. The number of nitrogens with two attached hydrogens (primary N) is 1. The number of nitrogens with zero attached hydrogens (tertiary/aromatic N) is 2. The van der Waals surface area contributed by atoms with Gasteiger partial charge in [0.15, 0.2) is 0 Å². The van der Waals surface area contributed by atoms with E-state index in [0.717, 1.165) is 0 Å². The first kappa shape index (κ1) is 16.5. The van der Waals surface area contributed by atoms with Gasteiger partial charge in [-0.05, 0) is 24.3 Å². The quantitative estimate of drug-likeness (QED) is 0.530. The highest BCUT2D eigenvalue weighted by atomic mass is 19.1. The van der Waals surface area contributed by atoms with Gasteiger partial charge in [-0.3, -0.25) is 14.7 Å². The van der Waals surface area contributed by atoms with Gasteiger partial charge in [0.1, 0.15) is 28.8 Å². The van der Waals surface area contributed by atoms with Crippen LogP contribution in [-0.4, -0.2) is 44.8 Å². The number of pyridine rings is 1. The third kappa shape index (κ3) is 3.31. The van der Waals surface area contributed by atoms with Gasteiger partial charge >= 0.3 is 0 Å². The van der Waals surface area contributed by atoms with Crippen LogP contribution in [0.3, 0.4) is 0 Å². The standard InChI is InChI=1S/C16H14FN5O3/c17-9-3-1-2-8(6-9)13-14-10(21-22-13)4-5-11(19-14)16(25)20-12(7-23)15(18)24/h1-6,12,23H,7H2,(H2,18,24)(H,20,25)(H,21,22). The van der Waals surface area contributed by atoms with Crippen molar-refractivity contribution in [1.82, 2.24) is 20.5 Å². The molecule has 1 atom stereocenters. The molecule has 2 amide bonds. The molecule has 0 saturated carbocycles. The highest BCUT2D eigenvalue weighted by Gasteiger charge is 2.20. The predicted molar refractivity (Wildman–Crippen MR) is 86.8 cm³/mol. The minimum atomic E-state index is -1.21. The molecule has 1 unspecified atom stereocenters. The first-order valence-corrected chi connectivity index (χ1v) is 7.31. The predicted octanol–water partition coefficient (Wildman–Crippen LogP) is 0.340. The Morgan fingerprint density at radius 2 is 2.12 bits per heavy atom.